The first-order valence-corrected chi connectivity index (χ1v) is 9.28. The molecular weight excluding hydrogens is 352 g/mol. The minimum atomic E-state index is -0.871. The molecule has 1 aromatic carbocycles. The summed E-state index contributed by atoms with van der Waals surface area (Å²) in [7, 11) is 0. The Hall–Kier alpha value is -2.28. The van der Waals surface area contributed by atoms with Crippen LogP contribution >= 0.6 is 0 Å². The summed E-state index contributed by atoms with van der Waals surface area (Å²) in [5.74, 6) is -1.11. The van der Waals surface area contributed by atoms with E-state index in [-0.39, 0.29) is 17.9 Å². The molecule has 27 heavy (non-hydrogen) atoms. The summed E-state index contributed by atoms with van der Waals surface area (Å²) in [6.07, 6.45) is 5.45. The number of nitrogens with zero attached hydrogens (tertiary/aromatic N) is 3. The van der Waals surface area contributed by atoms with E-state index in [0.29, 0.717) is 31.0 Å². The highest BCUT2D eigenvalue weighted by molar-refractivity contribution is 5.78. The molecular formula is C20H25F2N3O2. The van der Waals surface area contributed by atoms with Crippen LogP contribution in [0.15, 0.2) is 30.6 Å². The lowest BCUT2D eigenvalue weighted by Crippen LogP contribution is -2.39. The second-order valence-electron chi connectivity index (χ2n) is 7.23. The Morgan fingerprint density at radius 3 is 2.85 bits per heavy atom. The van der Waals surface area contributed by atoms with Gasteiger partial charge in [0.1, 0.15) is 5.82 Å². The molecule has 0 aliphatic carbocycles. The molecule has 1 amide bonds. The van der Waals surface area contributed by atoms with Crippen molar-refractivity contribution in [1.82, 2.24) is 14.5 Å². The molecule has 1 fully saturated rings. The SMILES string of the molecule is CC(C)C(=O)N(Cc1nccn1Cc1ccc(F)c(F)c1)CC1CCCO1. The molecule has 1 saturated heterocycles. The molecule has 2 aromatic rings. The van der Waals surface area contributed by atoms with E-state index in [2.05, 4.69) is 4.98 Å². The highest BCUT2D eigenvalue weighted by atomic mass is 19.2. The number of carbonyl (C=O) groups is 1. The van der Waals surface area contributed by atoms with Crippen LogP contribution in [-0.4, -0.2) is 39.6 Å². The predicted octanol–water partition coefficient (Wildman–Crippen LogP) is 3.37. The summed E-state index contributed by atoms with van der Waals surface area (Å²) >= 11 is 0. The number of benzene rings is 1. The third-order valence-corrected chi connectivity index (χ3v) is 4.72. The van der Waals surface area contributed by atoms with Crippen molar-refractivity contribution < 1.29 is 18.3 Å². The molecule has 1 aromatic heterocycles. The number of hydrogen-bond donors (Lipinski definition) is 0. The molecule has 146 valence electrons. The molecule has 1 unspecified atom stereocenters. The van der Waals surface area contributed by atoms with Crippen molar-refractivity contribution in [2.45, 2.75) is 45.9 Å². The number of halogens is 2. The lowest BCUT2D eigenvalue weighted by atomic mass is 10.1. The summed E-state index contributed by atoms with van der Waals surface area (Å²) in [6.45, 7) is 5.73. The zero-order valence-electron chi connectivity index (χ0n) is 15.7. The molecule has 0 spiro atoms. The Kier molecular flexibility index (Phi) is 6.21. The van der Waals surface area contributed by atoms with Gasteiger partial charge >= 0.3 is 0 Å². The zero-order valence-corrected chi connectivity index (χ0v) is 15.7. The van der Waals surface area contributed by atoms with Gasteiger partial charge in [0.05, 0.1) is 12.6 Å². The number of imidazole rings is 1. The maximum Gasteiger partial charge on any atom is 0.225 e. The normalized spacial score (nSPS) is 16.9. The Labute approximate surface area is 158 Å². The third-order valence-electron chi connectivity index (χ3n) is 4.72. The van der Waals surface area contributed by atoms with Gasteiger partial charge in [-0.05, 0) is 30.5 Å². The maximum absolute atomic E-state index is 13.5. The number of rotatable bonds is 7. The molecule has 2 heterocycles. The monoisotopic (exact) mass is 377 g/mol. The highest BCUT2D eigenvalue weighted by Crippen LogP contribution is 2.17. The molecule has 5 nitrogen and oxygen atoms in total. The first kappa shape index (κ1) is 19.5. The first-order valence-electron chi connectivity index (χ1n) is 9.28. The molecule has 7 heteroatoms. The van der Waals surface area contributed by atoms with Crippen LogP contribution in [0.5, 0.6) is 0 Å². The van der Waals surface area contributed by atoms with Gasteiger partial charge in [0.2, 0.25) is 5.91 Å². The second-order valence-corrected chi connectivity index (χ2v) is 7.23. The Morgan fingerprint density at radius 1 is 1.37 bits per heavy atom. The van der Waals surface area contributed by atoms with Gasteiger partial charge in [-0.2, -0.15) is 0 Å². The number of amides is 1. The van der Waals surface area contributed by atoms with Crippen molar-refractivity contribution in [3.05, 3.63) is 53.6 Å². The smallest absolute Gasteiger partial charge is 0.225 e. The van der Waals surface area contributed by atoms with Crippen molar-refractivity contribution in [2.24, 2.45) is 5.92 Å². The molecule has 1 atom stereocenters. The fraction of sp³-hybridized carbons (Fsp3) is 0.500. The lowest BCUT2D eigenvalue weighted by Gasteiger charge is -2.27. The Balaban J connectivity index is 1.75. The zero-order chi connectivity index (χ0) is 19.4. The van der Waals surface area contributed by atoms with Crippen LogP contribution in [0.25, 0.3) is 0 Å². The second kappa shape index (κ2) is 8.61. The molecule has 0 bridgehead atoms. The van der Waals surface area contributed by atoms with Gasteiger partial charge in [-0.3, -0.25) is 4.79 Å². The fourth-order valence-electron chi connectivity index (χ4n) is 3.27. The third kappa shape index (κ3) is 4.91. The van der Waals surface area contributed by atoms with Crippen LogP contribution < -0.4 is 0 Å². The van der Waals surface area contributed by atoms with Crippen LogP contribution in [0.3, 0.4) is 0 Å². The molecule has 3 rings (SSSR count). The summed E-state index contributed by atoms with van der Waals surface area (Å²) in [4.78, 5) is 18.8. The topological polar surface area (TPSA) is 47.4 Å². The lowest BCUT2D eigenvalue weighted by molar-refractivity contribution is -0.136. The van der Waals surface area contributed by atoms with Crippen LogP contribution in [-0.2, 0) is 22.6 Å². The van der Waals surface area contributed by atoms with Gasteiger partial charge < -0.3 is 14.2 Å². The van der Waals surface area contributed by atoms with Crippen molar-refractivity contribution in [3.8, 4) is 0 Å². The fourth-order valence-corrected chi connectivity index (χ4v) is 3.27. The van der Waals surface area contributed by atoms with E-state index in [4.69, 9.17) is 4.74 Å². The quantitative estimate of drug-likeness (QED) is 0.743. The minimum Gasteiger partial charge on any atom is -0.376 e. The standard InChI is InChI=1S/C20H25F2N3O2/c1-14(2)20(26)25(12-16-4-3-9-27-16)13-19-23-7-8-24(19)11-15-5-6-17(21)18(22)10-15/h5-8,10,14,16H,3-4,9,11-13H2,1-2H3. The van der Waals surface area contributed by atoms with Crippen LogP contribution in [0.2, 0.25) is 0 Å². The maximum atomic E-state index is 13.5. The highest BCUT2D eigenvalue weighted by Gasteiger charge is 2.25. The molecule has 1 aliphatic rings. The van der Waals surface area contributed by atoms with E-state index in [1.807, 2.05) is 18.4 Å². The molecule has 0 radical (unpaired) electrons. The number of carbonyl (C=O) groups excluding carboxylic acids is 1. The molecule has 0 N–H and O–H groups in total. The van der Waals surface area contributed by atoms with Gasteiger partial charge in [-0.25, -0.2) is 13.8 Å². The van der Waals surface area contributed by atoms with E-state index in [1.54, 1.807) is 23.4 Å². The summed E-state index contributed by atoms with van der Waals surface area (Å²) in [5.41, 5.74) is 0.633. The summed E-state index contributed by atoms with van der Waals surface area (Å²) in [6, 6.07) is 3.85. The van der Waals surface area contributed by atoms with E-state index in [1.165, 1.54) is 6.07 Å². The average molecular weight is 377 g/mol. The van der Waals surface area contributed by atoms with Gasteiger partial charge in [-0.15, -0.1) is 0 Å². The van der Waals surface area contributed by atoms with Crippen LogP contribution in [0.1, 0.15) is 38.1 Å². The van der Waals surface area contributed by atoms with E-state index in [0.717, 1.165) is 25.5 Å². The van der Waals surface area contributed by atoms with Crippen LogP contribution in [0, 0.1) is 17.6 Å². The Bertz CT molecular complexity index is 785. The predicted molar refractivity (Wildman–Crippen MR) is 96.9 cm³/mol. The van der Waals surface area contributed by atoms with Crippen molar-refractivity contribution in [1.29, 1.82) is 0 Å². The Morgan fingerprint density at radius 2 is 2.19 bits per heavy atom. The molecule has 0 saturated carbocycles. The largest absolute Gasteiger partial charge is 0.376 e. The summed E-state index contributed by atoms with van der Waals surface area (Å²) in [5, 5.41) is 0. The van der Waals surface area contributed by atoms with Gasteiger partial charge in [-0.1, -0.05) is 19.9 Å². The van der Waals surface area contributed by atoms with Gasteiger partial charge in [0.25, 0.3) is 0 Å². The van der Waals surface area contributed by atoms with Crippen molar-refractivity contribution in [2.75, 3.05) is 13.2 Å². The number of aromatic nitrogens is 2. The minimum absolute atomic E-state index is 0.0490. The summed E-state index contributed by atoms with van der Waals surface area (Å²) < 4.78 is 34.1. The van der Waals surface area contributed by atoms with Gasteiger partial charge in [0.15, 0.2) is 11.6 Å². The average Bonchev–Trinajstić information content (AvgIpc) is 3.29. The number of hydrogen-bond acceptors (Lipinski definition) is 3. The number of ether oxygens (including phenoxy) is 1. The van der Waals surface area contributed by atoms with Crippen molar-refractivity contribution in [3.63, 3.8) is 0 Å². The van der Waals surface area contributed by atoms with Gasteiger partial charge in [0, 0.05) is 38.0 Å². The molecule has 1 aliphatic heterocycles. The first-order chi connectivity index (χ1) is 12.9. The van der Waals surface area contributed by atoms with E-state index < -0.39 is 11.6 Å². The van der Waals surface area contributed by atoms with E-state index >= 15 is 0 Å². The van der Waals surface area contributed by atoms with Crippen LogP contribution in [0.4, 0.5) is 8.78 Å². The van der Waals surface area contributed by atoms with Crippen molar-refractivity contribution >= 4 is 5.91 Å². The van der Waals surface area contributed by atoms with E-state index in [9.17, 15) is 13.6 Å².